The number of ether oxygens (including phenoxy) is 1. The van der Waals surface area contributed by atoms with Crippen molar-refractivity contribution in [3.63, 3.8) is 0 Å². The quantitative estimate of drug-likeness (QED) is 0.826. The van der Waals surface area contributed by atoms with Crippen LogP contribution in [0.2, 0.25) is 0 Å². The predicted molar refractivity (Wildman–Crippen MR) is 73.5 cm³/mol. The highest BCUT2D eigenvalue weighted by Gasteiger charge is 2.21. The molecule has 3 heteroatoms. The van der Waals surface area contributed by atoms with Crippen molar-refractivity contribution in [1.29, 1.82) is 0 Å². The van der Waals surface area contributed by atoms with Gasteiger partial charge in [-0.15, -0.1) is 0 Å². The van der Waals surface area contributed by atoms with Crippen LogP contribution in [-0.4, -0.2) is 6.04 Å². The van der Waals surface area contributed by atoms with Gasteiger partial charge in [-0.05, 0) is 24.5 Å². The van der Waals surface area contributed by atoms with Crippen LogP contribution in [0.15, 0.2) is 47.1 Å². The fourth-order valence-electron chi connectivity index (χ4n) is 2.03. The molecule has 0 aliphatic heterocycles. The molecule has 19 heavy (non-hydrogen) atoms. The van der Waals surface area contributed by atoms with Crippen LogP contribution in [0.1, 0.15) is 29.7 Å². The van der Waals surface area contributed by atoms with Gasteiger partial charge in [0.2, 0.25) is 0 Å². The molecule has 3 rings (SSSR count). The lowest BCUT2D eigenvalue weighted by Crippen LogP contribution is -2.15. The zero-order chi connectivity index (χ0) is 12.9. The van der Waals surface area contributed by atoms with E-state index in [4.69, 9.17) is 9.15 Å². The SMILES string of the molecule is c1ccc(COCc2ccoc2CNC2CC2)cc1. The van der Waals surface area contributed by atoms with Gasteiger partial charge in [0.1, 0.15) is 5.76 Å². The summed E-state index contributed by atoms with van der Waals surface area (Å²) in [5.41, 5.74) is 2.34. The monoisotopic (exact) mass is 257 g/mol. The minimum absolute atomic E-state index is 0.604. The lowest BCUT2D eigenvalue weighted by atomic mass is 10.2. The van der Waals surface area contributed by atoms with Crippen LogP contribution in [0.25, 0.3) is 0 Å². The van der Waals surface area contributed by atoms with Crippen molar-refractivity contribution in [2.45, 2.75) is 38.6 Å². The summed E-state index contributed by atoms with van der Waals surface area (Å²) >= 11 is 0. The second-order valence-corrected chi connectivity index (χ2v) is 5.00. The third-order valence-corrected chi connectivity index (χ3v) is 3.34. The van der Waals surface area contributed by atoms with Crippen LogP contribution >= 0.6 is 0 Å². The largest absolute Gasteiger partial charge is 0.468 e. The Labute approximate surface area is 113 Å². The Kier molecular flexibility index (Phi) is 3.96. The van der Waals surface area contributed by atoms with Crippen molar-refractivity contribution >= 4 is 0 Å². The van der Waals surface area contributed by atoms with E-state index >= 15 is 0 Å². The molecule has 0 saturated heterocycles. The third kappa shape index (κ3) is 3.69. The van der Waals surface area contributed by atoms with E-state index in [0.29, 0.717) is 19.3 Å². The number of benzene rings is 1. The molecule has 1 aromatic carbocycles. The zero-order valence-corrected chi connectivity index (χ0v) is 11.0. The molecule has 0 spiro atoms. The van der Waals surface area contributed by atoms with Crippen LogP contribution < -0.4 is 5.32 Å². The van der Waals surface area contributed by atoms with Crippen molar-refractivity contribution in [3.8, 4) is 0 Å². The molecular formula is C16H19NO2. The summed E-state index contributed by atoms with van der Waals surface area (Å²) in [7, 11) is 0. The molecule has 0 bridgehead atoms. The number of furan rings is 1. The number of nitrogens with one attached hydrogen (secondary N) is 1. The lowest BCUT2D eigenvalue weighted by Gasteiger charge is -2.06. The van der Waals surface area contributed by atoms with Crippen LogP contribution in [0.4, 0.5) is 0 Å². The first-order chi connectivity index (χ1) is 9.42. The summed E-state index contributed by atoms with van der Waals surface area (Å²) in [6, 6.07) is 12.9. The molecule has 3 nitrogen and oxygen atoms in total. The molecule has 1 aliphatic rings. The van der Waals surface area contributed by atoms with Crippen molar-refractivity contribution in [2.75, 3.05) is 0 Å². The minimum Gasteiger partial charge on any atom is -0.468 e. The minimum atomic E-state index is 0.604. The summed E-state index contributed by atoms with van der Waals surface area (Å²) < 4.78 is 11.2. The molecule has 100 valence electrons. The second-order valence-electron chi connectivity index (χ2n) is 5.00. The van der Waals surface area contributed by atoms with Gasteiger partial charge in [0, 0.05) is 11.6 Å². The Morgan fingerprint density at radius 3 is 2.74 bits per heavy atom. The number of hydrogen-bond acceptors (Lipinski definition) is 3. The molecule has 0 radical (unpaired) electrons. The van der Waals surface area contributed by atoms with Crippen molar-refractivity contribution in [1.82, 2.24) is 5.32 Å². The van der Waals surface area contributed by atoms with Crippen LogP contribution in [0.5, 0.6) is 0 Å². The molecule has 0 atom stereocenters. The van der Waals surface area contributed by atoms with Gasteiger partial charge in [-0.25, -0.2) is 0 Å². The Morgan fingerprint density at radius 2 is 1.95 bits per heavy atom. The Bertz CT molecular complexity index is 502. The zero-order valence-electron chi connectivity index (χ0n) is 11.0. The first kappa shape index (κ1) is 12.5. The van der Waals surface area contributed by atoms with Gasteiger partial charge in [-0.3, -0.25) is 0 Å². The number of hydrogen-bond donors (Lipinski definition) is 1. The summed E-state index contributed by atoms with van der Waals surface area (Å²) in [4.78, 5) is 0. The van der Waals surface area contributed by atoms with Crippen LogP contribution in [-0.2, 0) is 24.5 Å². The highest BCUT2D eigenvalue weighted by atomic mass is 16.5. The molecule has 0 amide bonds. The lowest BCUT2D eigenvalue weighted by molar-refractivity contribution is 0.106. The molecule has 1 saturated carbocycles. The van der Waals surface area contributed by atoms with Crippen molar-refractivity contribution < 1.29 is 9.15 Å². The molecule has 1 N–H and O–H groups in total. The molecule has 0 unspecified atom stereocenters. The van der Waals surface area contributed by atoms with Gasteiger partial charge in [0.25, 0.3) is 0 Å². The van der Waals surface area contributed by atoms with E-state index in [9.17, 15) is 0 Å². The summed E-state index contributed by atoms with van der Waals surface area (Å²) in [5.74, 6) is 1.000. The first-order valence-electron chi connectivity index (χ1n) is 6.82. The van der Waals surface area contributed by atoms with Gasteiger partial charge >= 0.3 is 0 Å². The van der Waals surface area contributed by atoms with Gasteiger partial charge in [-0.1, -0.05) is 30.3 Å². The summed E-state index contributed by atoms with van der Waals surface area (Å²) in [6.45, 7) is 2.05. The van der Waals surface area contributed by atoms with E-state index in [1.165, 1.54) is 18.4 Å². The smallest absolute Gasteiger partial charge is 0.123 e. The third-order valence-electron chi connectivity index (χ3n) is 3.34. The van der Waals surface area contributed by atoms with Crippen molar-refractivity contribution in [2.24, 2.45) is 0 Å². The average molecular weight is 257 g/mol. The standard InChI is InChI=1S/C16H19NO2/c1-2-4-13(5-3-1)11-18-12-14-8-9-19-16(14)10-17-15-6-7-15/h1-5,8-9,15,17H,6-7,10-12H2. The average Bonchev–Trinajstić information content (AvgIpc) is 3.17. The molecule has 2 aromatic rings. The second kappa shape index (κ2) is 6.04. The van der Waals surface area contributed by atoms with Gasteiger partial charge in [0.15, 0.2) is 0 Å². The van der Waals surface area contributed by atoms with Crippen LogP contribution in [0, 0.1) is 0 Å². The molecular weight excluding hydrogens is 238 g/mol. The maximum atomic E-state index is 5.74. The van der Waals surface area contributed by atoms with E-state index in [0.717, 1.165) is 17.9 Å². The Morgan fingerprint density at radius 1 is 1.11 bits per heavy atom. The Hall–Kier alpha value is -1.58. The van der Waals surface area contributed by atoms with E-state index in [1.807, 2.05) is 24.3 Å². The van der Waals surface area contributed by atoms with Crippen molar-refractivity contribution in [3.05, 3.63) is 59.5 Å². The number of rotatable bonds is 7. The van der Waals surface area contributed by atoms with Gasteiger partial charge in [0.05, 0.1) is 26.0 Å². The molecule has 1 aromatic heterocycles. The molecule has 1 heterocycles. The van der Waals surface area contributed by atoms with E-state index in [1.54, 1.807) is 6.26 Å². The maximum absolute atomic E-state index is 5.74. The fraction of sp³-hybridized carbons (Fsp3) is 0.375. The fourth-order valence-corrected chi connectivity index (χ4v) is 2.03. The van der Waals surface area contributed by atoms with E-state index < -0.39 is 0 Å². The van der Waals surface area contributed by atoms with Gasteiger partial charge < -0.3 is 14.5 Å². The van der Waals surface area contributed by atoms with Crippen LogP contribution in [0.3, 0.4) is 0 Å². The summed E-state index contributed by atoms with van der Waals surface area (Å²) in [6.07, 6.45) is 4.33. The first-order valence-corrected chi connectivity index (χ1v) is 6.82. The normalized spacial score (nSPS) is 14.7. The predicted octanol–water partition coefficient (Wildman–Crippen LogP) is 3.25. The van der Waals surface area contributed by atoms with E-state index in [-0.39, 0.29) is 0 Å². The highest BCUT2D eigenvalue weighted by Crippen LogP contribution is 2.20. The van der Waals surface area contributed by atoms with E-state index in [2.05, 4.69) is 17.4 Å². The molecule has 1 aliphatic carbocycles. The summed E-state index contributed by atoms with van der Waals surface area (Å²) in [5, 5.41) is 3.46. The van der Waals surface area contributed by atoms with Gasteiger partial charge in [-0.2, -0.15) is 0 Å². The topological polar surface area (TPSA) is 34.4 Å². The maximum Gasteiger partial charge on any atom is 0.123 e. The highest BCUT2D eigenvalue weighted by molar-refractivity contribution is 5.17. The Balaban J connectivity index is 1.47. The molecule has 1 fully saturated rings.